The van der Waals surface area contributed by atoms with Gasteiger partial charge in [0, 0.05) is 37.9 Å². The van der Waals surface area contributed by atoms with E-state index in [1.807, 2.05) is 0 Å². The van der Waals surface area contributed by atoms with Gasteiger partial charge in [0.15, 0.2) is 0 Å². The summed E-state index contributed by atoms with van der Waals surface area (Å²) in [7, 11) is 0. The third kappa shape index (κ3) is 4.51. The Kier molecular flexibility index (Phi) is 5.23. The van der Waals surface area contributed by atoms with Gasteiger partial charge in [0.2, 0.25) is 0 Å². The summed E-state index contributed by atoms with van der Waals surface area (Å²) in [6, 6.07) is 9.16. The lowest BCUT2D eigenvalue weighted by Gasteiger charge is -2.36. The van der Waals surface area contributed by atoms with E-state index < -0.39 is 0 Å². The number of benzene rings is 1. The van der Waals surface area contributed by atoms with Crippen LogP contribution in [0, 0.1) is 6.92 Å². The first-order valence-electron chi connectivity index (χ1n) is 7.45. The number of aryl methyl sites for hydroxylation is 1. The van der Waals surface area contributed by atoms with Gasteiger partial charge in [-0.25, -0.2) is 0 Å². The molecule has 3 nitrogen and oxygen atoms in total. The number of nitrogens with two attached hydrogens (primary N) is 1. The van der Waals surface area contributed by atoms with Crippen molar-refractivity contribution in [1.82, 2.24) is 4.90 Å². The average molecular weight is 261 g/mol. The van der Waals surface area contributed by atoms with Gasteiger partial charge in [-0.2, -0.15) is 0 Å². The maximum atomic E-state index is 5.79. The summed E-state index contributed by atoms with van der Waals surface area (Å²) in [6.45, 7) is 10.1. The largest absolute Gasteiger partial charge is 0.369 e. The first-order chi connectivity index (χ1) is 9.15. The van der Waals surface area contributed by atoms with E-state index in [4.69, 9.17) is 5.73 Å². The first-order valence-corrected chi connectivity index (χ1v) is 7.45. The van der Waals surface area contributed by atoms with Crippen LogP contribution in [0.15, 0.2) is 24.3 Å². The maximum Gasteiger partial charge on any atom is 0.0369 e. The molecule has 1 unspecified atom stereocenters. The molecule has 1 aliphatic heterocycles. The lowest BCUT2D eigenvalue weighted by atomic mass is 10.1. The van der Waals surface area contributed by atoms with E-state index in [2.05, 4.69) is 47.9 Å². The molecule has 1 fully saturated rings. The van der Waals surface area contributed by atoms with Crippen LogP contribution < -0.4 is 10.6 Å². The SMILES string of the molecule is Cc1cccc(N2CCN(CCCC(C)N)CC2)c1. The summed E-state index contributed by atoms with van der Waals surface area (Å²) in [5, 5.41) is 0. The Morgan fingerprint density at radius 3 is 2.58 bits per heavy atom. The zero-order valence-corrected chi connectivity index (χ0v) is 12.3. The topological polar surface area (TPSA) is 32.5 Å². The molecule has 1 heterocycles. The van der Waals surface area contributed by atoms with Crippen molar-refractivity contribution < 1.29 is 0 Å². The molecule has 1 aromatic rings. The van der Waals surface area contributed by atoms with Gasteiger partial charge >= 0.3 is 0 Å². The fourth-order valence-corrected chi connectivity index (χ4v) is 2.69. The van der Waals surface area contributed by atoms with E-state index in [1.165, 1.54) is 37.3 Å². The monoisotopic (exact) mass is 261 g/mol. The maximum absolute atomic E-state index is 5.79. The molecule has 106 valence electrons. The van der Waals surface area contributed by atoms with Crippen molar-refractivity contribution in [2.45, 2.75) is 32.7 Å². The van der Waals surface area contributed by atoms with Crippen LogP contribution in [0.25, 0.3) is 0 Å². The highest BCUT2D eigenvalue weighted by molar-refractivity contribution is 5.48. The molecule has 1 aliphatic rings. The summed E-state index contributed by atoms with van der Waals surface area (Å²) >= 11 is 0. The summed E-state index contributed by atoms with van der Waals surface area (Å²) in [5.41, 5.74) is 8.51. The number of hydrogen-bond donors (Lipinski definition) is 1. The van der Waals surface area contributed by atoms with Crippen LogP contribution in [0.4, 0.5) is 5.69 Å². The lowest BCUT2D eigenvalue weighted by molar-refractivity contribution is 0.251. The molecule has 3 heteroatoms. The molecular weight excluding hydrogens is 234 g/mol. The Hall–Kier alpha value is -1.06. The molecule has 0 aliphatic carbocycles. The van der Waals surface area contributed by atoms with Crippen molar-refractivity contribution in [3.63, 3.8) is 0 Å². The zero-order valence-electron chi connectivity index (χ0n) is 12.3. The van der Waals surface area contributed by atoms with Gasteiger partial charge in [-0.15, -0.1) is 0 Å². The van der Waals surface area contributed by atoms with E-state index in [9.17, 15) is 0 Å². The van der Waals surface area contributed by atoms with Crippen LogP contribution in [0.5, 0.6) is 0 Å². The van der Waals surface area contributed by atoms with E-state index in [1.54, 1.807) is 0 Å². The predicted octanol–water partition coefficient (Wildman–Crippen LogP) is 2.24. The molecule has 2 N–H and O–H groups in total. The summed E-state index contributed by atoms with van der Waals surface area (Å²) in [6.07, 6.45) is 2.36. The molecule has 1 atom stereocenters. The highest BCUT2D eigenvalue weighted by Gasteiger charge is 2.16. The van der Waals surface area contributed by atoms with Gasteiger partial charge in [0.1, 0.15) is 0 Å². The van der Waals surface area contributed by atoms with Gasteiger partial charge in [-0.1, -0.05) is 12.1 Å². The minimum Gasteiger partial charge on any atom is -0.369 e. The Morgan fingerprint density at radius 2 is 1.95 bits per heavy atom. The third-order valence-corrected chi connectivity index (χ3v) is 3.87. The molecular formula is C16H27N3. The minimum atomic E-state index is 0.341. The lowest BCUT2D eigenvalue weighted by Crippen LogP contribution is -2.46. The number of nitrogens with zero attached hydrogens (tertiary/aromatic N) is 2. The van der Waals surface area contributed by atoms with Crippen molar-refractivity contribution in [1.29, 1.82) is 0 Å². The van der Waals surface area contributed by atoms with Crippen LogP contribution in [0.3, 0.4) is 0 Å². The third-order valence-electron chi connectivity index (χ3n) is 3.87. The highest BCUT2D eigenvalue weighted by Crippen LogP contribution is 2.17. The second kappa shape index (κ2) is 6.92. The van der Waals surface area contributed by atoms with Crippen molar-refractivity contribution >= 4 is 5.69 Å². The smallest absolute Gasteiger partial charge is 0.0369 e. The van der Waals surface area contributed by atoms with Crippen molar-refractivity contribution in [2.24, 2.45) is 5.73 Å². The van der Waals surface area contributed by atoms with E-state index in [0.29, 0.717) is 6.04 Å². The molecule has 19 heavy (non-hydrogen) atoms. The molecule has 1 saturated heterocycles. The normalized spacial score (nSPS) is 18.6. The number of rotatable bonds is 5. The molecule has 0 amide bonds. The van der Waals surface area contributed by atoms with Crippen LogP contribution in [0.2, 0.25) is 0 Å². The Bertz CT molecular complexity index is 381. The Labute approximate surface area is 117 Å². The van der Waals surface area contributed by atoms with Crippen LogP contribution in [-0.4, -0.2) is 43.7 Å². The van der Waals surface area contributed by atoms with Crippen LogP contribution >= 0.6 is 0 Å². The van der Waals surface area contributed by atoms with Crippen molar-refractivity contribution in [3.05, 3.63) is 29.8 Å². The summed E-state index contributed by atoms with van der Waals surface area (Å²) < 4.78 is 0. The average Bonchev–Trinajstić information content (AvgIpc) is 2.39. The molecule has 2 rings (SSSR count). The quantitative estimate of drug-likeness (QED) is 0.882. The van der Waals surface area contributed by atoms with Crippen molar-refractivity contribution in [3.8, 4) is 0 Å². The van der Waals surface area contributed by atoms with E-state index >= 15 is 0 Å². The second-order valence-corrected chi connectivity index (χ2v) is 5.79. The number of anilines is 1. The molecule has 0 bridgehead atoms. The molecule has 0 radical (unpaired) electrons. The fourth-order valence-electron chi connectivity index (χ4n) is 2.69. The van der Waals surface area contributed by atoms with Crippen molar-refractivity contribution in [2.75, 3.05) is 37.6 Å². The summed E-state index contributed by atoms with van der Waals surface area (Å²) in [5.74, 6) is 0. The number of piperazine rings is 1. The molecule has 0 spiro atoms. The fraction of sp³-hybridized carbons (Fsp3) is 0.625. The summed E-state index contributed by atoms with van der Waals surface area (Å²) in [4.78, 5) is 5.06. The molecule has 0 aromatic heterocycles. The van der Waals surface area contributed by atoms with E-state index in [0.717, 1.165) is 19.5 Å². The van der Waals surface area contributed by atoms with Crippen LogP contribution in [-0.2, 0) is 0 Å². The Morgan fingerprint density at radius 1 is 1.21 bits per heavy atom. The second-order valence-electron chi connectivity index (χ2n) is 5.79. The predicted molar refractivity (Wildman–Crippen MR) is 82.7 cm³/mol. The van der Waals surface area contributed by atoms with Gasteiger partial charge in [-0.05, 0) is 50.9 Å². The van der Waals surface area contributed by atoms with Crippen LogP contribution in [0.1, 0.15) is 25.3 Å². The highest BCUT2D eigenvalue weighted by atomic mass is 15.3. The Balaban J connectivity index is 1.76. The minimum absolute atomic E-state index is 0.341. The van der Waals surface area contributed by atoms with Gasteiger partial charge in [-0.3, -0.25) is 4.90 Å². The first kappa shape index (κ1) is 14.4. The van der Waals surface area contributed by atoms with Gasteiger partial charge in [0.05, 0.1) is 0 Å². The standard InChI is InChI=1S/C16H27N3/c1-14-5-3-7-16(13-14)19-11-9-18(10-12-19)8-4-6-15(2)17/h3,5,7,13,15H,4,6,8-12,17H2,1-2H3. The number of hydrogen-bond acceptors (Lipinski definition) is 3. The van der Waals surface area contributed by atoms with Gasteiger partial charge < -0.3 is 10.6 Å². The van der Waals surface area contributed by atoms with E-state index in [-0.39, 0.29) is 0 Å². The van der Waals surface area contributed by atoms with Gasteiger partial charge in [0.25, 0.3) is 0 Å². The molecule has 1 aromatic carbocycles. The molecule has 0 saturated carbocycles. The zero-order chi connectivity index (χ0) is 13.7.